The molecule has 3 nitrogen and oxygen atoms in total. The first kappa shape index (κ1) is 23.7. The predicted molar refractivity (Wildman–Crippen MR) is 140 cm³/mol. The molecule has 1 atom stereocenters. The van der Waals surface area contributed by atoms with Crippen LogP contribution in [0.3, 0.4) is 0 Å². The molecule has 1 heterocycles. The minimum absolute atomic E-state index is 0.399. The average Bonchev–Trinajstić information content (AvgIpc) is 2.87. The van der Waals surface area contributed by atoms with E-state index in [2.05, 4.69) is 102 Å². The number of ether oxygens (including phenoxy) is 1. The first-order chi connectivity index (χ1) is 16.7. The maximum atomic E-state index is 5.90. The standard InChI is InChI=1S/C31H34N2O/c1-24-10-9-15-29(33-24)23-34-30-18-16-26(17-19-30)22-25(2)32-21-20-31(27-11-5-3-6-12-27)28-13-7-4-8-14-28/h3-19,25,31-32H,20-23H2,1-2H3. The van der Waals surface area contributed by atoms with Gasteiger partial charge in [0.15, 0.2) is 0 Å². The molecule has 0 saturated heterocycles. The molecule has 0 bridgehead atoms. The summed E-state index contributed by atoms with van der Waals surface area (Å²) >= 11 is 0. The number of nitrogens with one attached hydrogen (secondary N) is 1. The van der Waals surface area contributed by atoms with Gasteiger partial charge in [-0.15, -0.1) is 0 Å². The number of hydrogen-bond donors (Lipinski definition) is 1. The highest BCUT2D eigenvalue weighted by Crippen LogP contribution is 2.27. The number of hydrogen-bond acceptors (Lipinski definition) is 3. The van der Waals surface area contributed by atoms with Crippen molar-refractivity contribution in [1.82, 2.24) is 10.3 Å². The number of pyridine rings is 1. The van der Waals surface area contributed by atoms with E-state index in [-0.39, 0.29) is 0 Å². The summed E-state index contributed by atoms with van der Waals surface area (Å²) in [6.07, 6.45) is 2.05. The lowest BCUT2D eigenvalue weighted by Crippen LogP contribution is -2.30. The van der Waals surface area contributed by atoms with Crippen LogP contribution in [-0.4, -0.2) is 17.6 Å². The van der Waals surface area contributed by atoms with E-state index in [9.17, 15) is 0 Å². The lowest BCUT2D eigenvalue weighted by Gasteiger charge is -2.20. The maximum Gasteiger partial charge on any atom is 0.130 e. The molecule has 1 unspecified atom stereocenters. The van der Waals surface area contributed by atoms with E-state index in [0.29, 0.717) is 18.6 Å². The highest BCUT2D eigenvalue weighted by molar-refractivity contribution is 5.32. The van der Waals surface area contributed by atoms with Crippen molar-refractivity contribution < 1.29 is 4.74 Å². The third-order valence-electron chi connectivity index (χ3n) is 6.13. The topological polar surface area (TPSA) is 34.1 Å². The summed E-state index contributed by atoms with van der Waals surface area (Å²) in [5, 5.41) is 3.73. The van der Waals surface area contributed by atoms with Crippen LogP contribution in [0, 0.1) is 6.92 Å². The summed E-state index contributed by atoms with van der Waals surface area (Å²) in [4.78, 5) is 4.49. The molecule has 0 spiro atoms. The zero-order valence-corrected chi connectivity index (χ0v) is 20.2. The van der Waals surface area contributed by atoms with Crippen LogP contribution in [0.15, 0.2) is 103 Å². The van der Waals surface area contributed by atoms with Crippen molar-refractivity contribution in [3.8, 4) is 5.75 Å². The van der Waals surface area contributed by atoms with Gasteiger partial charge in [-0.3, -0.25) is 4.98 Å². The van der Waals surface area contributed by atoms with Crippen molar-refractivity contribution in [3.63, 3.8) is 0 Å². The van der Waals surface area contributed by atoms with Crippen LogP contribution in [0.25, 0.3) is 0 Å². The van der Waals surface area contributed by atoms with Gasteiger partial charge in [-0.05, 0) is 74.2 Å². The van der Waals surface area contributed by atoms with E-state index in [1.807, 2.05) is 25.1 Å². The second-order valence-electron chi connectivity index (χ2n) is 8.92. The second kappa shape index (κ2) is 12.2. The number of aryl methyl sites for hydroxylation is 1. The Labute approximate surface area is 203 Å². The van der Waals surface area contributed by atoms with Gasteiger partial charge >= 0.3 is 0 Å². The largest absolute Gasteiger partial charge is 0.487 e. The van der Waals surface area contributed by atoms with E-state index >= 15 is 0 Å². The van der Waals surface area contributed by atoms with Crippen molar-refractivity contribution in [1.29, 1.82) is 0 Å². The Bertz CT molecular complexity index is 1090. The van der Waals surface area contributed by atoms with Crippen LogP contribution in [0.4, 0.5) is 0 Å². The first-order valence-corrected chi connectivity index (χ1v) is 12.1. The van der Waals surface area contributed by atoms with E-state index in [1.165, 1.54) is 16.7 Å². The van der Waals surface area contributed by atoms with Gasteiger partial charge in [-0.25, -0.2) is 0 Å². The van der Waals surface area contributed by atoms with Gasteiger partial charge in [0.25, 0.3) is 0 Å². The van der Waals surface area contributed by atoms with Gasteiger partial charge in [-0.2, -0.15) is 0 Å². The van der Waals surface area contributed by atoms with Crippen molar-refractivity contribution in [2.24, 2.45) is 0 Å². The third-order valence-corrected chi connectivity index (χ3v) is 6.13. The Morgan fingerprint density at radius 3 is 2.03 bits per heavy atom. The molecule has 4 rings (SSSR count). The molecule has 0 radical (unpaired) electrons. The first-order valence-electron chi connectivity index (χ1n) is 12.1. The highest BCUT2D eigenvalue weighted by Gasteiger charge is 2.14. The molecule has 0 aliphatic rings. The summed E-state index contributed by atoms with van der Waals surface area (Å²) in [5.41, 5.74) is 6.02. The van der Waals surface area contributed by atoms with Crippen LogP contribution in [0.5, 0.6) is 5.75 Å². The number of nitrogens with zero attached hydrogens (tertiary/aromatic N) is 1. The number of benzene rings is 3. The van der Waals surface area contributed by atoms with E-state index < -0.39 is 0 Å². The fraction of sp³-hybridized carbons (Fsp3) is 0.258. The van der Waals surface area contributed by atoms with Crippen LogP contribution in [0.2, 0.25) is 0 Å². The zero-order chi connectivity index (χ0) is 23.6. The Morgan fingerprint density at radius 2 is 1.41 bits per heavy atom. The predicted octanol–water partition coefficient (Wildman–Crippen LogP) is 6.71. The molecule has 3 aromatic carbocycles. The van der Waals surface area contributed by atoms with Crippen LogP contribution in [-0.2, 0) is 13.0 Å². The average molecular weight is 451 g/mol. The molecule has 0 aliphatic carbocycles. The third kappa shape index (κ3) is 7.03. The Morgan fingerprint density at radius 1 is 0.765 bits per heavy atom. The van der Waals surface area contributed by atoms with Crippen molar-refractivity contribution in [3.05, 3.63) is 131 Å². The van der Waals surface area contributed by atoms with Crippen molar-refractivity contribution >= 4 is 0 Å². The Kier molecular flexibility index (Phi) is 8.48. The quantitative estimate of drug-likeness (QED) is 0.276. The van der Waals surface area contributed by atoms with Crippen LogP contribution < -0.4 is 10.1 Å². The van der Waals surface area contributed by atoms with Crippen molar-refractivity contribution in [2.75, 3.05) is 6.54 Å². The molecule has 0 saturated carbocycles. The number of aromatic nitrogens is 1. The summed E-state index contributed by atoms with van der Waals surface area (Å²) < 4.78 is 5.90. The van der Waals surface area contributed by atoms with Crippen LogP contribution >= 0.6 is 0 Å². The molecule has 1 N–H and O–H groups in total. The lowest BCUT2D eigenvalue weighted by atomic mass is 9.88. The van der Waals surface area contributed by atoms with Gasteiger partial charge in [0.05, 0.1) is 5.69 Å². The molecule has 0 amide bonds. The lowest BCUT2D eigenvalue weighted by molar-refractivity contribution is 0.301. The van der Waals surface area contributed by atoms with Gasteiger partial charge in [-0.1, -0.05) is 78.9 Å². The molecule has 0 aliphatic heterocycles. The summed E-state index contributed by atoms with van der Waals surface area (Å²) in [6, 6.07) is 36.5. The molecule has 0 fully saturated rings. The summed E-state index contributed by atoms with van der Waals surface area (Å²) in [6.45, 7) is 5.72. The molecular formula is C31H34N2O. The molecule has 3 heteroatoms. The van der Waals surface area contributed by atoms with E-state index in [1.54, 1.807) is 0 Å². The molecule has 1 aromatic heterocycles. The fourth-order valence-corrected chi connectivity index (χ4v) is 4.36. The SMILES string of the molecule is Cc1cccc(COc2ccc(CC(C)NCCC(c3ccccc3)c3ccccc3)cc2)n1. The molecule has 34 heavy (non-hydrogen) atoms. The zero-order valence-electron chi connectivity index (χ0n) is 20.2. The smallest absolute Gasteiger partial charge is 0.130 e. The highest BCUT2D eigenvalue weighted by atomic mass is 16.5. The second-order valence-corrected chi connectivity index (χ2v) is 8.92. The number of rotatable bonds is 11. The van der Waals surface area contributed by atoms with E-state index in [0.717, 1.165) is 36.5 Å². The van der Waals surface area contributed by atoms with Gasteiger partial charge < -0.3 is 10.1 Å². The summed E-state index contributed by atoms with van der Waals surface area (Å²) in [7, 11) is 0. The fourth-order valence-electron chi connectivity index (χ4n) is 4.36. The Balaban J connectivity index is 1.26. The van der Waals surface area contributed by atoms with Crippen LogP contribution in [0.1, 0.15) is 47.3 Å². The van der Waals surface area contributed by atoms with Gasteiger partial charge in [0.1, 0.15) is 12.4 Å². The summed E-state index contributed by atoms with van der Waals surface area (Å²) in [5.74, 6) is 1.28. The van der Waals surface area contributed by atoms with Gasteiger partial charge in [0.2, 0.25) is 0 Å². The minimum Gasteiger partial charge on any atom is -0.487 e. The normalized spacial score (nSPS) is 12.0. The maximum absolute atomic E-state index is 5.90. The monoisotopic (exact) mass is 450 g/mol. The van der Waals surface area contributed by atoms with E-state index in [4.69, 9.17) is 4.74 Å². The molecular weight excluding hydrogens is 416 g/mol. The Hall–Kier alpha value is -3.43. The molecule has 174 valence electrons. The molecule has 4 aromatic rings. The van der Waals surface area contributed by atoms with Crippen molar-refractivity contribution in [2.45, 2.75) is 45.3 Å². The minimum atomic E-state index is 0.399. The van der Waals surface area contributed by atoms with Gasteiger partial charge in [0, 0.05) is 17.7 Å².